The van der Waals surface area contributed by atoms with Crippen LogP contribution in [0.3, 0.4) is 0 Å². The third-order valence-electron chi connectivity index (χ3n) is 3.88. The number of hydrogen-bond acceptors (Lipinski definition) is 4. The molecule has 0 aliphatic carbocycles. The monoisotopic (exact) mass is 416 g/mol. The van der Waals surface area contributed by atoms with Crippen LogP contribution < -0.4 is 9.47 Å². The number of aliphatic imine (C=N–C) groups is 1. The molecule has 0 unspecified atom stereocenters. The Balaban J connectivity index is 0.00000208. The number of nitrogens with zero attached hydrogens (tertiary/aromatic N) is 2. The molecule has 0 atom stereocenters. The maximum atomic E-state index is 5.49. The summed E-state index contributed by atoms with van der Waals surface area (Å²) in [6.45, 7) is 0.862. The predicted molar refractivity (Wildman–Crippen MR) is 114 cm³/mol. The van der Waals surface area contributed by atoms with Crippen LogP contribution in [0.4, 0.5) is 0 Å². The van der Waals surface area contributed by atoms with Crippen LogP contribution in [-0.4, -0.2) is 31.5 Å². The fraction of sp³-hybridized carbons (Fsp3) is 0.263. The van der Waals surface area contributed by atoms with Gasteiger partial charge in [-0.3, -0.25) is 9.98 Å². The molecule has 26 heavy (non-hydrogen) atoms. The molecule has 0 bridgehead atoms. The van der Waals surface area contributed by atoms with E-state index in [0.29, 0.717) is 0 Å². The standard InChI is InChI=1S/C19H20N2O2.3ClH/c1-22-17-8-7-14(18(12-17)23-2)11-15-5-4-10-21-19(15)16-6-3-9-20-13-16;;;/h3,6-9,11-13H,4-5,10H2,1-2H3;3*1H/b15-11+;;;. The number of rotatable bonds is 4. The average molecular weight is 418 g/mol. The molecular weight excluding hydrogens is 395 g/mol. The Morgan fingerprint density at radius 2 is 1.85 bits per heavy atom. The molecular formula is C19H23Cl3N2O2. The van der Waals surface area contributed by atoms with E-state index in [4.69, 9.17) is 14.5 Å². The van der Waals surface area contributed by atoms with Crippen molar-refractivity contribution in [1.29, 1.82) is 0 Å². The lowest BCUT2D eigenvalue weighted by molar-refractivity contribution is 0.393. The van der Waals surface area contributed by atoms with Gasteiger partial charge in [0.25, 0.3) is 0 Å². The van der Waals surface area contributed by atoms with E-state index in [0.717, 1.165) is 47.7 Å². The van der Waals surface area contributed by atoms with Gasteiger partial charge in [-0.1, -0.05) is 0 Å². The number of benzene rings is 1. The summed E-state index contributed by atoms with van der Waals surface area (Å²) in [5.41, 5.74) is 4.34. The molecule has 2 aromatic rings. The summed E-state index contributed by atoms with van der Waals surface area (Å²) in [6, 6.07) is 9.85. The molecule has 0 saturated carbocycles. The summed E-state index contributed by atoms with van der Waals surface area (Å²) in [7, 11) is 3.33. The molecule has 1 aliphatic rings. The van der Waals surface area contributed by atoms with Crippen LogP contribution in [0.2, 0.25) is 0 Å². The largest absolute Gasteiger partial charge is 0.497 e. The molecule has 0 spiro atoms. The second kappa shape index (κ2) is 11.8. The van der Waals surface area contributed by atoms with Gasteiger partial charge in [0.1, 0.15) is 11.5 Å². The highest BCUT2D eigenvalue weighted by molar-refractivity contribution is 6.15. The van der Waals surface area contributed by atoms with E-state index >= 15 is 0 Å². The van der Waals surface area contributed by atoms with Crippen molar-refractivity contribution in [1.82, 2.24) is 4.98 Å². The first-order valence-corrected chi connectivity index (χ1v) is 7.69. The number of ether oxygens (including phenoxy) is 2. The first-order valence-electron chi connectivity index (χ1n) is 7.69. The SMILES string of the molecule is COc1ccc(/C=C2\CCCN=C2c2cccnc2)c(OC)c1.Cl.Cl.Cl. The van der Waals surface area contributed by atoms with E-state index in [9.17, 15) is 0 Å². The summed E-state index contributed by atoms with van der Waals surface area (Å²) in [5, 5.41) is 0. The first kappa shape index (κ1) is 24.2. The van der Waals surface area contributed by atoms with Gasteiger partial charge in [0.05, 0.1) is 19.9 Å². The fourth-order valence-electron chi connectivity index (χ4n) is 2.73. The number of hydrogen-bond donors (Lipinski definition) is 0. The number of halogens is 3. The van der Waals surface area contributed by atoms with Crippen molar-refractivity contribution in [2.75, 3.05) is 20.8 Å². The van der Waals surface area contributed by atoms with Gasteiger partial charge in [-0.05, 0) is 48.8 Å². The maximum absolute atomic E-state index is 5.49. The molecule has 7 heteroatoms. The summed E-state index contributed by atoms with van der Waals surface area (Å²) >= 11 is 0. The quantitative estimate of drug-likeness (QED) is 0.700. The van der Waals surface area contributed by atoms with Crippen LogP contribution in [0.5, 0.6) is 11.5 Å². The number of methoxy groups -OCH3 is 2. The summed E-state index contributed by atoms with van der Waals surface area (Å²) in [6.07, 6.45) is 7.87. The van der Waals surface area contributed by atoms with Gasteiger partial charge < -0.3 is 9.47 Å². The molecule has 0 N–H and O–H groups in total. The molecule has 2 heterocycles. The fourth-order valence-corrected chi connectivity index (χ4v) is 2.73. The van der Waals surface area contributed by atoms with Gasteiger partial charge >= 0.3 is 0 Å². The molecule has 1 aliphatic heterocycles. The second-order valence-corrected chi connectivity index (χ2v) is 5.35. The van der Waals surface area contributed by atoms with Crippen molar-refractivity contribution in [3.63, 3.8) is 0 Å². The van der Waals surface area contributed by atoms with Crippen LogP contribution in [0.15, 0.2) is 53.3 Å². The van der Waals surface area contributed by atoms with Gasteiger partial charge in [-0.2, -0.15) is 0 Å². The van der Waals surface area contributed by atoms with Gasteiger partial charge in [-0.15, -0.1) is 37.2 Å². The molecule has 3 rings (SSSR count). The highest BCUT2D eigenvalue weighted by Gasteiger charge is 2.15. The predicted octanol–water partition coefficient (Wildman–Crippen LogP) is 5.03. The smallest absolute Gasteiger partial charge is 0.129 e. The minimum Gasteiger partial charge on any atom is -0.497 e. The summed E-state index contributed by atoms with van der Waals surface area (Å²) in [5.74, 6) is 1.58. The Hall–Kier alpha value is -1.75. The van der Waals surface area contributed by atoms with Crippen LogP contribution in [-0.2, 0) is 0 Å². The topological polar surface area (TPSA) is 43.7 Å². The van der Waals surface area contributed by atoms with Crippen molar-refractivity contribution >= 4 is 49.0 Å². The van der Waals surface area contributed by atoms with E-state index in [2.05, 4.69) is 17.1 Å². The number of aromatic nitrogens is 1. The molecule has 0 radical (unpaired) electrons. The van der Waals surface area contributed by atoms with E-state index in [1.165, 1.54) is 5.57 Å². The Kier molecular flexibility index (Phi) is 11.0. The van der Waals surface area contributed by atoms with E-state index in [-0.39, 0.29) is 37.2 Å². The Labute approximate surface area is 173 Å². The second-order valence-electron chi connectivity index (χ2n) is 5.35. The molecule has 1 aromatic carbocycles. The van der Waals surface area contributed by atoms with Crippen molar-refractivity contribution in [2.45, 2.75) is 12.8 Å². The number of allylic oxidation sites excluding steroid dienone is 1. The Morgan fingerprint density at radius 1 is 1.04 bits per heavy atom. The minimum atomic E-state index is 0. The molecule has 4 nitrogen and oxygen atoms in total. The normalized spacial score (nSPS) is 14.2. The van der Waals surface area contributed by atoms with Gasteiger partial charge in [-0.25, -0.2) is 0 Å². The summed E-state index contributed by atoms with van der Waals surface area (Å²) < 4.78 is 10.8. The Bertz CT molecular complexity index is 750. The molecule has 142 valence electrons. The highest BCUT2D eigenvalue weighted by atomic mass is 35.5. The Morgan fingerprint density at radius 3 is 2.50 bits per heavy atom. The van der Waals surface area contributed by atoms with Crippen molar-refractivity contribution < 1.29 is 9.47 Å². The van der Waals surface area contributed by atoms with Gasteiger partial charge in [0, 0.05) is 36.1 Å². The van der Waals surface area contributed by atoms with Crippen LogP contribution in [0, 0.1) is 0 Å². The zero-order chi connectivity index (χ0) is 16.1. The number of pyridine rings is 1. The van der Waals surface area contributed by atoms with E-state index in [1.807, 2.05) is 30.5 Å². The van der Waals surface area contributed by atoms with Crippen molar-refractivity contribution in [3.8, 4) is 11.5 Å². The summed E-state index contributed by atoms with van der Waals surface area (Å²) in [4.78, 5) is 8.92. The molecule has 0 fully saturated rings. The third kappa shape index (κ3) is 5.63. The lowest BCUT2D eigenvalue weighted by Gasteiger charge is -2.17. The average Bonchev–Trinajstić information content (AvgIpc) is 2.63. The van der Waals surface area contributed by atoms with Crippen LogP contribution >= 0.6 is 37.2 Å². The maximum Gasteiger partial charge on any atom is 0.129 e. The third-order valence-corrected chi connectivity index (χ3v) is 3.88. The van der Waals surface area contributed by atoms with Crippen molar-refractivity contribution in [3.05, 3.63) is 59.4 Å². The van der Waals surface area contributed by atoms with Crippen LogP contribution in [0.25, 0.3) is 6.08 Å². The van der Waals surface area contributed by atoms with Gasteiger partial charge in [0.15, 0.2) is 0 Å². The highest BCUT2D eigenvalue weighted by Crippen LogP contribution is 2.29. The minimum absolute atomic E-state index is 0. The first-order chi connectivity index (χ1) is 11.3. The van der Waals surface area contributed by atoms with E-state index in [1.54, 1.807) is 20.4 Å². The van der Waals surface area contributed by atoms with Gasteiger partial charge in [0.2, 0.25) is 0 Å². The van der Waals surface area contributed by atoms with E-state index < -0.39 is 0 Å². The molecule has 0 saturated heterocycles. The van der Waals surface area contributed by atoms with Crippen LogP contribution in [0.1, 0.15) is 24.0 Å². The molecule has 0 amide bonds. The lowest BCUT2D eigenvalue weighted by Crippen LogP contribution is -2.12. The molecule has 1 aromatic heterocycles. The van der Waals surface area contributed by atoms with Crippen molar-refractivity contribution in [2.24, 2.45) is 4.99 Å². The zero-order valence-electron chi connectivity index (χ0n) is 14.7. The zero-order valence-corrected chi connectivity index (χ0v) is 17.1. The lowest BCUT2D eigenvalue weighted by atomic mass is 9.94.